The zero-order valence-electron chi connectivity index (χ0n) is 26.7. The molecule has 0 saturated carbocycles. The Kier molecular flexibility index (Phi) is 6.39. The molecular weight excluding hydrogens is 615 g/mol. The van der Waals surface area contributed by atoms with Gasteiger partial charge in [0.1, 0.15) is 11.2 Å². The first-order valence-corrected chi connectivity index (χ1v) is 16.5. The Bertz CT molecular complexity index is 2840. The minimum absolute atomic E-state index is 0.537. The lowest BCUT2D eigenvalue weighted by Crippen LogP contribution is -2.00. The highest BCUT2D eigenvalue weighted by atomic mass is 16.3. The standard InChI is InChI=1S/C44H27N5O/c1-3-11-28(12-4-1)29-20-22-30(23-21-29)42-46-43(31-13-10-24-45-27-31)48-44(47-42)35-18-9-17-34-37-25-36-33-16-7-8-19-38(33)49(32-14-5-2-6-15-32)39(36)26-40(37)50-41(34)35/h1-27H. The zero-order chi connectivity index (χ0) is 33.0. The fourth-order valence-electron chi connectivity index (χ4n) is 6.98. The fraction of sp³-hybridized carbons (Fsp3) is 0. The number of aromatic nitrogens is 5. The Labute approximate surface area is 287 Å². The van der Waals surface area contributed by atoms with E-state index in [1.807, 2.05) is 48.5 Å². The molecule has 0 bridgehead atoms. The summed E-state index contributed by atoms with van der Waals surface area (Å²) in [5.41, 5.74) is 9.68. The summed E-state index contributed by atoms with van der Waals surface area (Å²) in [6.45, 7) is 0. The number of rotatable bonds is 5. The van der Waals surface area contributed by atoms with Gasteiger partial charge in [-0.15, -0.1) is 0 Å². The molecule has 50 heavy (non-hydrogen) atoms. The van der Waals surface area contributed by atoms with Crippen molar-refractivity contribution in [1.29, 1.82) is 0 Å². The predicted octanol–water partition coefficient (Wildman–Crippen LogP) is 10.9. The lowest BCUT2D eigenvalue weighted by atomic mass is 10.0. The molecule has 0 radical (unpaired) electrons. The average Bonchev–Trinajstić information content (AvgIpc) is 3.72. The van der Waals surface area contributed by atoms with Crippen LogP contribution in [0, 0.1) is 0 Å². The molecule has 234 valence electrons. The maximum atomic E-state index is 6.76. The van der Waals surface area contributed by atoms with E-state index in [2.05, 4.69) is 113 Å². The minimum Gasteiger partial charge on any atom is -0.455 e. The van der Waals surface area contributed by atoms with Crippen LogP contribution in [-0.2, 0) is 0 Å². The number of hydrogen-bond acceptors (Lipinski definition) is 5. The van der Waals surface area contributed by atoms with Crippen molar-refractivity contribution in [2.75, 3.05) is 0 Å². The van der Waals surface area contributed by atoms with Gasteiger partial charge in [0.15, 0.2) is 17.5 Å². The van der Waals surface area contributed by atoms with Gasteiger partial charge in [0.25, 0.3) is 0 Å². The number of hydrogen-bond donors (Lipinski definition) is 0. The van der Waals surface area contributed by atoms with Gasteiger partial charge in [-0.05, 0) is 53.6 Å². The Morgan fingerprint density at radius 1 is 0.440 bits per heavy atom. The molecule has 4 aromatic heterocycles. The minimum atomic E-state index is 0.537. The van der Waals surface area contributed by atoms with Crippen molar-refractivity contribution >= 4 is 43.7 Å². The second-order valence-corrected chi connectivity index (χ2v) is 12.3. The maximum Gasteiger partial charge on any atom is 0.167 e. The van der Waals surface area contributed by atoms with Crippen LogP contribution in [0.5, 0.6) is 0 Å². The van der Waals surface area contributed by atoms with Crippen LogP contribution in [0.4, 0.5) is 0 Å². The van der Waals surface area contributed by atoms with Crippen LogP contribution < -0.4 is 0 Å². The monoisotopic (exact) mass is 641 g/mol. The van der Waals surface area contributed by atoms with Crippen LogP contribution in [0.15, 0.2) is 168 Å². The molecule has 6 nitrogen and oxygen atoms in total. The molecule has 0 saturated heterocycles. The van der Waals surface area contributed by atoms with E-state index in [9.17, 15) is 0 Å². The Hall–Kier alpha value is -6.92. The molecular formula is C44H27N5O. The van der Waals surface area contributed by atoms with Crippen molar-refractivity contribution in [3.8, 4) is 51.0 Å². The normalized spacial score (nSPS) is 11.6. The van der Waals surface area contributed by atoms with Gasteiger partial charge in [-0.25, -0.2) is 15.0 Å². The summed E-state index contributed by atoms with van der Waals surface area (Å²) >= 11 is 0. The quantitative estimate of drug-likeness (QED) is 0.187. The van der Waals surface area contributed by atoms with E-state index in [-0.39, 0.29) is 0 Å². The predicted molar refractivity (Wildman–Crippen MR) is 201 cm³/mol. The molecule has 10 aromatic rings. The number of furan rings is 1. The van der Waals surface area contributed by atoms with Crippen LogP contribution in [0.25, 0.3) is 94.7 Å². The number of fused-ring (bicyclic) bond motifs is 6. The van der Waals surface area contributed by atoms with E-state index in [0.29, 0.717) is 17.5 Å². The van der Waals surface area contributed by atoms with Gasteiger partial charge in [0.2, 0.25) is 0 Å². The number of benzene rings is 6. The van der Waals surface area contributed by atoms with Crippen molar-refractivity contribution < 1.29 is 4.42 Å². The van der Waals surface area contributed by atoms with E-state index >= 15 is 0 Å². The number of para-hydroxylation sites is 3. The highest BCUT2D eigenvalue weighted by molar-refractivity contribution is 6.18. The highest BCUT2D eigenvalue weighted by Crippen LogP contribution is 2.40. The van der Waals surface area contributed by atoms with Gasteiger partial charge in [0.05, 0.1) is 16.6 Å². The SMILES string of the molecule is c1ccc(-c2ccc(-c3nc(-c4cccnc4)nc(-c4cccc5c4oc4cc6c(cc45)c4ccccc4n6-c4ccccc4)n3)cc2)cc1. The average molecular weight is 642 g/mol. The topological polar surface area (TPSA) is 69.6 Å². The maximum absolute atomic E-state index is 6.76. The lowest BCUT2D eigenvalue weighted by molar-refractivity contribution is 0.670. The van der Waals surface area contributed by atoms with Gasteiger partial charge in [-0.2, -0.15) is 0 Å². The van der Waals surface area contributed by atoms with E-state index in [1.165, 1.54) is 10.8 Å². The molecule has 6 heteroatoms. The Balaban J connectivity index is 1.17. The van der Waals surface area contributed by atoms with Crippen molar-refractivity contribution in [3.05, 3.63) is 164 Å². The zero-order valence-corrected chi connectivity index (χ0v) is 26.7. The molecule has 0 fully saturated rings. The molecule has 4 heterocycles. The summed E-state index contributed by atoms with van der Waals surface area (Å²) in [7, 11) is 0. The third-order valence-electron chi connectivity index (χ3n) is 9.35. The van der Waals surface area contributed by atoms with Crippen LogP contribution in [0.2, 0.25) is 0 Å². The Morgan fingerprint density at radius 2 is 1.10 bits per heavy atom. The van der Waals surface area contributed by atoms with Gasteiger partial charge >= 0.3 is 0 Å². The first kappa shape index (κ1) is 28.1. The van der Waals surface area contributed by atoms with Crippen LogP contribution in [0.1, 0.15) is 0 Å². The number of pyridine rings is 1. The molecule has 10 rings (SSSR count). The largest absolute Gasteiger partial charge is 0.455 e. The summed E-state index contributed by atoms with van der Waals surface area (Å²) in [4.78, 5) is 19.3. The second kappa shape index (κ2) is 11.4. The van der Waals surface area contributed by atoms with E-state index < -0.39 is 0 Å². The first-order chi connectivity index (χ1) is 24.8. The summed E-state index contributed by atoms with van der Waals surface area (Å²) in [5, 5.41) is 4.42. The molecule has 0 aliphatic rings. The molecule has 6 aromatic carbocycles. The molecule has 0 N–H and O–H groups in total. The molecule has 0 atom stereocenters. The van der Waals surface area contributed by atoms with Crippen molar-refractivity contribution in [2.45, 2.75) is 0 Å². The fourth-order valence-corrected chi connectivity index (χ4v) is 6.98. The highest BCUT2D eigenvalue weighted by Gasteiger charge is 2.20. The van der Waals surface area contributed by atoms with Crippen LogP contribution in [0.3, 0.4) is 0 Å². The molecule has 0 spiro atoms. The van der Waals surface area contributed by atoms with E-state index in [0.717, 1.165) is 66.5 Å². The first-order valence-electron chi connectivity index (χ1n) is 16.5. The summed E-state index contributed by atoms with van der Waals surface area (Å²) in [6.07, 6.45) is 3.53. The smallest absolute Gasteiger partial charge is 0.167 e. The third kappa shape index (κ3) is 4.58. The van der Waals surface area contributed by atoms with Crippen molar-refractivity contribution in [1.82, 2.24) is 24.5 Å². The summed E-state index contributed by atoms with van der Waals surface area (Å²) in [5.74, 6) is 1.66. The third-order valence-corrected chi connectivity index (χ3v) is 9.35. The molecule has 0 unspecified atom stereocenters. The summed E-state index contributed by atoms with van der Waals surface area (Å²) in [6, 6.07) is 52.2. The molecule has 0 amide bonds. The van der Waals surface area contributed by atoms with Gasteiger partial charge in [0, 0.05) is 56.8 Å². The van der Waals surface area contributed by atoms with Crippen LogP contribution >= 0.6 is 0 Å². The van der Waals surface area contributed by atoms with E-state index in [4.69, 9.17) is 19.4 Å². The van der Waals surface area contributed by atoms with Crippen molar-refractivity contribution in [2.24, 2.45) is 0 Å². The summed E-state index contributed by atoms with van der Waals surface area (Å²) < 4.78 is 9.07. The van der Waals surface area contributed by atoms with Crippen molar-refractivity contribution in [3.63, 3.8) is 0 Å². The molecule has 0 aliphatic heterocycles. The van der Waals surface area contributed by atoms with Gasteiger partial charge in [-0.1, -0.05) is 103 Å². The Morgan fingerprint density at radius 3 is 1.90 bits per heavy atom. The second-order valence-electron chi connectivity index (χ2n) is 12.3. The number of nitrogens with zero attached hydrogens (tertiary/aromatic N) is 5. The van der Waals surface area contributed by atoms with Gasteiger partial charge in [-0.3, -0.25) is 4.98 Å². The van der Waals surface area contributed by atoms with E-state index in [1.54, 1.807) is 12.4 Å². The van der Waals surface area contributed by atoms with Crippen LogP contribution in [-0.4, -0.2) is 24.5 Å². The lowest BCUT2D eigenvalue weighted by Gasteiger charge is -2.09. The van der Waals surface area contributed by atoms with Gasteiger partial charge < -0.3 is 8.98 Å². The molecule has 0 aliphatic carbocycles.